The van der Waals surface area contributed by atoms with Gasteiger partial charge in [-0.05, 0) is 25.1 Å². The van der Waals surface area contributed by atoms with Crippen LogP contribution in [0.2, 0.25) is 0 Å². The number of benzene rings is 1. The van der Waals surface area contributed by atoms with Gasteiger partial charge in [-0.2, -0.15) is 0 Å². The Hall–Kier alpha value is -2.08. The number of nitrogens with two attached hydrogens (primary N) is 1. The smallest absolute Gasteiger partial charge is 0.414 e. The van der Waals surface area contributed by atoms with E-state index in [0.717, 1.165) is 0 Å². The van der Waals surface area contributed by atoms with Gasteiger partial charge in [-0.3, -0.25) is 4.90 Å². The molecule has 0 spiro atoms. The topological polar surface area (TPSA) is 81.9 Å². The molecule has 0 unspecified atom stereocenters. The summed E-state index contributed by atoms with van der Waals surface area (Å²) in [7, 11) is 0. The normalized spacial score (nSPS) is 18.3. The van der Waals surface area contributed by atoms with Crippen LogP contribution in [0.3, 0.4) is 0 Å². The molecule has 2 rings (SSSR count). The van der Waals surface area contributed by atoms with E-state index in [2.05, 4.69) is 0 Å². The molecular formula is C13H16N2O4. The van der Waals surface area contributed by atoms with Crippen molar-refractivity contribution >= 4 is 17.7 Å². The summed E-state index contributed by atoms with van der Waals surface area (Å²) in [5, 5.41) is 0. The molecule has 2 N–H and O–H groups in total. The number of cyclic esters (lactones) is 1. The number of rotatable bonds is 4. The first-order chi connectivity index (χ1) is 9.15. The van der Waals surface area contributed by atoms with Gasteiger partial charge in [-0.1, -0.05) is 6.07 Å². The van der Waals surface area contributed by atoms with Gasteiger partial charge in [0.15, 0.2) is 0 Å². The summed E-state index contributed by atoms with van der Waals surface area (Å²) in [4.78, 5) is 24.8. The van der Waals surface area contributed by atoms with Crippen molar-refractivity contribution in [3.63, 3.8) is 0 Å². The molecule has 0 radical (unpaired) electrons. The van der Waals surface area contributed by atoms with Crippen molar-refractivity contribution in [2.45, 2.75) is 13.0 Å². The number of carbonyl (C=O) groups is 2. The molecule has 102 valence electrons. The Bertz CT molecular complexity index is 489. The molecule has 1 atom stereocenters. The van der Waals surface area contributed by atoms with Gasteiger partial charge in [0.25, 0.3) is 0 Å². The van der Waals surface area contributed by atoms with Gasteiger partial charge < -0.3 is 15.2 Å². The van der Waals surface area contributed by atoms with E-state index in [1.54, 1.807) is 31.2 Å². The minimum atomic E-state index is -0.448. The van der Waals surface area contributed by atoms with Crippen LogP contribution in [-0.2, 0) is 9.47 Å². The number of ether oxygens (including phenoxy) is 2. The van der Waals surface area contributed by atoms with E-state index in [9.17, 15) is 9.59 Å². The minimum Gasteiger partial charge on any atom is -0.462 e. The van der Waals surface area contributed by atoms with Gasteiger partial charge in [-0.25, -0.2) is 9.59 Å². The zero-order valence-corrected chi connectivity index (χ0v) is 10.7. The number of nitrogens with zero attached hydrogens (tertiary/aromatic N) is 1. The summed E-state index contributed by atoms with van der Waals surface area (Å²) >= 11 is 0. The molecule has 1 aliphatic rings. The van der Waals surface area contributed by atoms with E-state index in [1.807, 2.05) is 0 Å². The number of esters is 1. The number of anilines is 1. The SMILES string of the molecule is CCOC(=O)c1cccc(N2C[C@H](CN)OC2=O)c1. The van der Waals surface area contributed by atoms with E-state index in [1.165, 1.54) is 4.90 Å². The second kappa shape index (κ2) is 5.71. The van der Waals surface area contributed by atoms with Gasteiger partial charge >= 0.3 is 12.1 Å². The van der Waals surface area contributed by atoms with Crippen molar-refractivity contribution in [2.75, 3.05) is 24.6 Å². The van der Waals surface area contributed by atoms with Crippen molar-refractivity contribution in [1.29, 1.82) is 0 Å². The highest BCUT2D eigenvalue weighted by molar-refractivity contribution is 5.94. The number of amides is 1. The zero-order valence-electron chi connectivity index (χ0n) is 10.7. The van der Waals surface area contributed by atoms with Crippen LogP contribution in [0.25, 0.3) is 0 Å². The largest absolute Gasteiger partial charge is 0.462 e. The lowest BCUT2D eigenvalue weighted by Gasteiger charge is -2.13. The van der Waals surface area contributed by atoms with E-state index >= 15 is 0 Å². The summed E-state index contributed by atoms with van der Waals surface area (Å²) in [6.07, 6.45) is -0.754. The molecule has 6 nitrogen and oxygen atoms in total. The molecule has 1 aromatic rings. The molecule has 1 fully saturated rings. The molecule has 1 aromatic carbocycles. The maximum absolute atomic E-state index is 11.7. The number of carbonyl (C=O) groups excluding carboxylic acids is 2. The summed E-state index contributed by atoms with van der Waals surface area (Å²) in [5.41, 5.74) is 6.49. The Morgan fingerprint density at radius 2 is 2.37 bits per heavy atom. The average Bonchev–Trinajstić information content (AvgIpc) is 2.80. The van der Waals surface area contributed by atoms with E-state index in [4.69, 9.17) is 15.2 Å². The summed E-state index contributed by atoms with van der Waals surface area (Å²) < 4.78 is 9.99. The molecule has 19 heavy (non-hydrogen) atoms. The van der Waals surface area contributed by atoms with Crippen molar-refractivity contribution in [3.8, 4) is 0 Å². The number of hydrogen-bond acceptors (Lipinski definition) is 5. The Kier molecular flexibility index (Phi) is 4.01. The molecular weight excluding hydrogens is 248 g/mol. The molecule has 0 saturated carbocycles. The zero-order chi connectivity index (χ0) is 13.8. The Balaban J connectivity index is 2.19. The van der Waals surface area contributed by atoms with Crippen LogP contribution < -0.4 is 10.6 Å². The molecule has 6 heteroatoms. The van der Waals surface area contributed by atoms with Gasteiger partial charge in [0, 0.05) is 12.2 Å². The molecule has 0 aliphatic carbocycles. The fraction of sp³-hybridized carbons (Fsp3) is 0.385. The molecule has 0 bridgehead atoms. The van der Waals surface area contributed by atoms with Crippen LogP contribution in [0, 0.1) is 0 Å². The van der Waals surface area contributed by atoms with Crippen LogP contribution in [0.5, 0.6) is 0 Å². The van der Waals surface area contributed by atoms with Gasteiger partial charge in [-0.15, -0.1) is 0 Å². The third kappa shape index (κ3) is 2.85. The molecule has 1 heterocycles. The first-order valence-corrected chi connectivity index (χ1v) is 6.11. The quantitative estimate of drug-likeness (QED) is 0.825. The molecule has 1 aliphatic heterocycles. The average molecular weight is 264 g/mol. The van der Waals surface area contributed by atoms with Crippen LogP contribution in [0.15, 0.2) is 24.3 Å². The Morgan fingerprint density at radius 3 is 3.00 bits per heavy atom. The minimum absolute atomic E-state index is 0.278. The predicted molar refractivity (Wildman–Crippen MR) is 69.1 cm³/mol. The molecule has 0 aromatic heterocycles. The van der Waals surface area contributed by atoms with Crippen LogP contribution in [-0.4, -0.2) is 37.9 Å². The van der Waals surface area contributed by atoms with Crippen LogP contribution in [0.1, 0.15) is 17.3 Å². The summed E-state index contributed by atoms with van der Waals surface area (Å²) in [6.45, 7) is 2.72. The molecule has 1 amide bonds. The Labute approximate surface area is 111 Å². The van der Waals surface area contributed by atoms with Crippen molar-refractivity contribution in [3.05, 3.63) is 29.8 Å². The fourth-order valence-electron chi connectivity index (χ4n) is 1.87. The van der Waals surface area contributed by atoms with E-state index in [0.29, 0.717) is 24.4 Å². The van der Waals surface area contributed by atoms with Gasteiger partial charge in [0.1, 0.15) is 6.10 Å². The second-order valence-electron chi connectivity index (χ2n) is 4.12. The lowest BCUT2D eigenvalue weighted by atomic mass is 10.2. The maximum atomic E-state index is 11.7. The van der Waals surface area contributed by atoms with Crippen molar-refractivity contribution in [2.24, 2.45) is 5.73 Å². The van der Waals surface area contributed by atoms with Crippen molar-refractivity contribution < 1.29 is 19.1 Å². The monoisotopic (exact) mass is 264 g/mol. The number of hydrogen-bond donors (Lipinski definition) is 1. The van der Waals surface area contributed by atoms with Crippen LogP contribution >= 0.6 is 0 Å². The highest BCUT2D eigenvalue weighted by Gasteiger charge is 2.31. The highest BCUT2D eigenvalue weighted by atomic mass is 16.6. The summed E-state index contributed by atoms with van der Waals surface area (Å²) in [5.74, 6) is -0.410. The van der Waals surface area contributed by atoms with E-state index < -0.39 is 12.1 Å². The second-order valence-corrected chi connectivity index (χ2v) is 4.12. The lowest BCUT2D eigenvalue weighted by molar-refractivity contribution is 0.0526. The highest BCUT2D eigenvalue weighted by Crippen LogP contribution is 2.22. The summed E-state index contributed by atoms with van der Waals surface area (Å²) in [6, 6.07) is 6.69. The third-order valence-corrected chi connectivity index (χ3v) is 2.81. The maximum Gasteiger partial charge on any atom is 0.414 e. The Morgan fingerprint density at radius 1 is 1.58 bits per heavy atom. The molecule has 1 saturated heterocycles. The van der Waals surface area contributed by atoms with Crippen LogP contribution in [0.4, 0.5) is 10.5 Å². The lowest BCUT2D eigenvalue weighted by Crippen LogP contribution is -2.27. The first kappa shape index (κ1) is 13.4. The van der Waals surface area contributed by atoms with Gasteiger partial charge in [0.05, 0.1) is 18.7 Å². The first-order valence-electron chi connectivity index (χ1n) is 6.11. The standard InChI is InChI=1S/C13H16N2O4/c1-2-18-12(16)9-4-3-5-10(6-9)15-8-11(7-14)19-13(15)17/h3-6,11H,2,7-8,14H2,1H3/t11-/m0/s1. The van der Waals surface area contributed by atoms with Gasteiger partial charge in [0.2, 0.25) is 0 Å². The predicted octanol–water partition coefficient (Wildman–Crippen LogP) is 1.15. The fourth-order valence-corrected chi connectivity index (χ4v) is 1.87. The third-order valence-electron chi connectivity index (χ3n) is 2.81. The van der Waals surface area contributed by atoms with E-state index in [-0.39, 0.29) is 12.6 Å². The van der Waals surface area contributed by atoms with Crippen molar-refractivity contribution in [1.82, 2.24) is 0 Å².